The first kappa shape index (κ1) is 24.5. The Morgan fingerprint density at radius 2 is 1.94 bits per heavy atom. The van der Waals surface area contributed by atoms with Crippen LogP contribution in [0.1, 0.15) is 51.0 Å². The molecule has 10 heteroatoms. The van der Waals surface area contributed by atoms with E-state index in [1.54, 1.807) is 18.5 Å². The molecule has 0 radical (unpaired) electrons. The van der Waals surface area contributed by atoms with Gasteiger partial charge in [-0.25, -0.2) is 18.7 Å². The van der Waals surface area contributed by atoms with Gasteiger partial charge >= 0.3 is 0 Å². The maximum atomic E-state index is 13.9. The first-order valence-corrected chi connectivity index (χ1v) is 11.8. The molecule has 3 heterocycles. The van der Waals surface area contributed by atoms with E-state index >= 15 is 0 Å². The molecule has 0 amide bonds. The fourth-order valence-corrected chi connectivity index (χ4v) is 4.16. The standard InChI is InChI=1S/C25H28F2N6O2/c1-16(2)10-22-31-24(32-35-22)19-14-29-25(30-15-19)33-7-5-17(6-8-33)4-3-9-34-23-18(13-28)11-20(26)12-21(23)27/h11-12,14-17H,3-10H2,1-2H3. The van der Waals surface area contributed by atoms with Crippen LogP contribution in [0.5, 0.6) is 5.75 Å². The number of nitrogens with zero attached hydrogens (tertiary/aromatic N) is 6. The molecule has 0 spiro atoms. The summed E-state index contributed by atoms with van der Waals surface area (Å²) in [5, 5.41) is 13.1. The highest BCUT2D eigenvalue weighted by molar-refractivity contribution is 5.52. The molecule has 0 atom stereocenters. The number of hydrogen-bond acceptors (Lipinski definition) is 8. The summed E-state index contributed by atoms with van der Waals surface area (Å²) in [6.45, 7) is 6.16. The van der Waals surface area contributed by atoms with Gasteiger partial charge in [-0.1, -0.05) is 19.0 Å². The van der Waals surface area contributed by atoms with Gasteiger partial charge in [0.15, 0.2) is 11.6 Å². The number of anilines is 1. The highest BCUT2D eigenvalue weighted by Crippen LogP contribution is 2.27. The summed E-state index contributed by atoms with van der Waals surface area (Å²) < 4.78 is 37.9. The highest BCUT2D eigenvalue weighted by Gasteiger charge is 2.21. The van der Waals surface area contributed by atoms with Crippen molar-refractivity contribution in [3.8, 4) is 23.2 Å². The maximum absolute atomic E-state index is 13.9. The second-order valence-electron chi connectivity index (χ2n) is 9.18. The Kier molecular flexibility index (Phi) is 7.85. The fraction of sp³-hybridized carbons (Fsp3) is 0.480. The van der Waals surface area contributed by atoms with E-state index in [0.717, 1.165) is 62.9 Å². The molecule has 2 aromatic heterocycles. The predicted molar refractivity (Wildman–Crippen MR) is 125 cm³/mol. The van der Waals surface area contributed by atoms with Crippen LogP contribution in [0.3, 0.4) is 0 Å². The molecule has 1 aromatic carbocycles. The second-order valence-corrected chi connectivity index (χ2v) is 9.18. The van der Waals surface area contributed by atoms with Crippen molar-refractivity contribution in [1.82, 2.24) is 20.1 Å². The lowest BCUT2D eigenvalue weighted by atomic mass is 9.92. The zero-order valence-electron chi connectivity index (χ0n) is 19.9. The van der Waals surface area contributed by atoms with Crippen LogP contribution in [-0.2, 0) is 6.42 Å². The molecule has 184 valence electrons. The van der Waals surface area contributed by atoms with Crippen molar-refractivity contribution in [2.45, 2.75) is 46.0 Å². The monoisotopic (exact) mass is 482 g/mol. The van der Waals surface area contributed by atoms with Gasteiger partial charge in [-0.3, -0.25) is 0 Å². The van der Waals surface area contributed by atoms with Gasteiger partial charge < -0.3 is 14.2 Å². The number of piperidine rings is 1. The molecule has 35 heavy (non-hydrogen) atoms. The van der Waals surface area contributed by atoms with E-state index in [9.17, 15) is 8.78 Å². The third-order valence-electron chi connectivity index (χ3n) is 5.98. The molecule has 4 rings (SSSR count). The zero-order chi connectivity index (χ0) is 24.8. The topological polar surface area (TPSA) is 101 Å². The van der Waals surface area contributed by atoms with E-state index in [2.05, 4.69) is 38.9 Å². The number of ether oxygens (including phenoxy) is 1. The summed E-state index contributed by atoms with van der Waals surface area (Å²) in [6, 6.07) is 3.48. The van der Waals surface area contributed by atoms with Crippen molar-refractivity contribution in [2.75, 3.05) is 24.6 Å². The Morgan fingerprint density at radius 3 is 2.63 bits per heavy atom. The second kappa shape index (κ2) is 11.2. The Bertz CT molecular complexity index is 1170. The van der Waals surface area contributed by atoms with E-state index in [1.807, 2.05) is 0 Å². The van der Waals surface area contributed by atoms with Crippen LogP contribution in [0.4, 0.5) is 14.7 Å². The van der Waals surface area contributed by atoms with Crippen LogP contribution < -0.4 is 9.64 Å². The Balaban J connectivity index is 1.22. The number of halogens is 2. The lowest BCUT2D eigenvalue weighted by molar-refractivity contribution is 0.268. The average Bonchev–Trinajstić information content (AvgIpc) is 3.31. The number of aromatic nitrogens is 4. The van der Waals surface area contributed by atoms with Crippen LogP contribution in [0.15, 0.2) is 29.0 Å². The Hall–Kier alpha value is -3.61. The van der Waals surface area contributed by atoms with Gasteiger partial charge in [0.2, 0.25) is 17.7 Å². The zero-order valence-corrected chi connectivity index (χ0v) is 19.9. The molecule has 0 N–H and O–H groups in total. The van der Waals surface area contributed by atoms with E-state index < -0.39 is 11.6 Å². The lowest BCUT2D eigenvalue weighted by Gasteiger charge is -2.32. The van der Waals surface area contributed by atoms with Crippen LogP contribution in [0.2, 0.25) is 0 Å². The molecule has 0 unspecified atom stereocenters. The molecule has 1 aliphatic rings. The summed E-state index contributed by atoms with van der Waals surface area (Å²) in [7, 11) is 0. The first-order valence-electron chi connectivity index (χ1n) is 11.8. The van der Waals surface area contributed by atoms with Crippen LogP contribution in [-0.4, -0.2) is 39.8 Å². The Labute approximate surface area is 203 Å². The molecule has 1 fully saturated rings. The molecule has 0 bridgehead atoms. The van der Waals surface area contributed by atoms with Crippen molar-refractivity contribution in [2.24, 2.45) is 11.8 Å². The molecule has 1 saturated heterocycles. The summed E-state index contributed by atoms with van der Waals surface area (Å²) >= 11 is 0. The SMILES string of the molecule is CC(C)Cc1nc(-c2cnc(N3CCC(CCCOc4c(F)cc(F)cc4C#N)CC3)nc2)no1. The van der Waals surface area contributed by atoms with Crippen molar-refractivity contribution < 1.29 is 18.0 Å². The van der Waals surface area contributed by atoms with Crippen LogP contribution in [0, 0.1) is 34.8 Å². The minimum absolute atomic E-state index is 0.128. The molecule has 0 aliphatic carbocycles. The third-order valence-corrected chi connectivity index (χ3v) is 5.98. The molecular weight excluding hydrogens is 454 g/mol. The summed E-state index contributed by atoms with van der Waals surface area (Å²) in [6.07, 6.45) is 7.80. The van der Waals surface area contributed by atoms with Gasteiger partial charge in [0.1, 0.15) is 11.9 Å². The fourth-order valence-electron chi connectivity index (χ4n) is 4.16. The van der Waals surface area contributed by atoms with Gasteiger partial charge in [0, 0.05) is 38.0 Å². The smallest absolute Gasteiger partial charge is 0.227 e. The maximum Gasteiger partial charge on any atom is 0.227 e. The first-order chi connectivity index (χ1) is 16.9. The van der Waals surface area contributed by atoms with Gasteiger partial charge in [-0.15, -0.1) is 0 Å². The van der Waals surface area contributed by atoms with Crippen molar-refractivity contribution in [1.29, 1.82) is 5.26 Å². The average molecular weight is 483 g/mol. The van der Waals surface area contributed by atoms with Crippen LogP contribution >= 0.6 is 0 Å². The van der Waals surface area contributed by atoms with Crippen molar-refractivity contribution in [3.63, 3.8) is 0 Å². The Morgan fingerprint density at radius 1 is 1.20 bits per heavy atom. The van der Waals surface area contributed by atoms with E-state index in [-0.39, 0.29) is 17.9 Å². The van der Waals surface area contributed by atoms with Crippen LogP contribution in [0.25, 0.3) is 11.4 Å². The largest absolute Gasteiger partial charge is 0.489 e. The lowest BCUT2D eigenvalue weighted by Crippen LogP contribution is -2.34. The third kappa shape index (κ3) is 6.29. The molecular formula is C25H28F2N6O2. The predicted octanol–water partition coefficient (Wildman–Crippen LogP) is 4.95. The summed E-state index contributed by atoms with van der Waals surface area (Å²) in [5.74, 6) is 0.917. The normalized spacial score (nSPS) is 14.3. The number of nitriles is 1. The van der Waals surface area contributed by atoms with Crippen molar-refractivity contribution >= 4 is 5.95 Å². The minimum atomic E-state index is -0.851. The van der Waals surface area contributed by atoms with E-state index in [1.165, 1.54) is 0 Å². The number of hydrogen-bond donors (Lipinski definition) is 0. The van der Waals surface area contributed by atoms with Crippen molar-refractivity contribution in [3.05, 3.63) is 47.6 Å². The van der Waals surface area contributed by atoms with Gasteiger partial charge in [0.25, 0.3) is 0 Å². The highest BCUT2D eigenvalue weighted by atomic mass is 19.1. The van der Waals surface area contributed by atoms with Gasteiger partial charge in [-0.05, 0) is 43.6 Å². The molecule has 1 aliphatic heterocycles. The molecule has 8 nitrogen and oxygen atoms in total. The van der Waals surface area contributed by atoms with E-state index in [0.29, 0.717) is 29.5 Å². The summed E-state index contributed by atoms with van der Waals surface area (Å²) in [5.41, 5.74) is 0.594. The summed E-state index contributed by atoms with van der Waals surface area (Å²) in [4.78, 5) is 15.6. The minimum Gasteiger partial charge on any atom is -0.489 e. The van der Waals surface area contributed by atoms with Gasteiger partial charge in [0.05, 0.1) is 17.7 Å². The molecule has 0 saturated carbocycles. The number of benzene rings is 1. The number of rotatable bonds is 9. The van der Waals surface area contributed by atoms with Gasteiger partial charge in [-0.2, -0.15) is 10.2 Å². The quantitative estimate of drug-likeness (QED) is 0.395. The molecule has 3 aromatic rings. The van der Waals surface area contributed by atoms with E-state index in [4.69, 9.17) is 14.5 Å².